The molecule has 3 rings (SSSR count). The van der Waals surface area contributed by atoms with Gasteiger partial charge in [-0.3, -0.25) is 14.6 Å². The number of ether oxygens (including phenoxy) is 2. The Morgan fingerprint density at radius 2 is 2.10 bits per heavy atom. The summed E-state index contributed by atoms with van der Waals surface area (Å²) in [6.07, 6.45) is 1.44. The first-order valence-electron chi connectivity index (χ1n) is 10.3. The van der Waals surface area contributed by atoms with Gasteiger partial charge in [0, 0.05) is 37.4 Å². The van der Waals surface area contributed by atoms with Crippen molar-refractivity contribution in [3.05, 3.63) is 29.2 Å². The van der Waals surface area contributed by atoms with Gasteiger partial charge in [0.1, 0.15) is 5.69 Å². The number of carbonyl (C=O) groups is 2. The molecule has 0 aromatic carbocycles. The molecule has 30 heavy (non-hydrogen) atoms. The number of hydrogen-bond acceptors (Lipinski definition) is 6. The van der Waals surface area contributed by atoms with Crippen molar-refractivity contribution < 1.29 is 19.1 Å². The molecule has 1 aliphatic carbocycles. The van der Waals surface area contributed by atoms with Crippen molar-refractivity contribution in [1.29, 1.82) is 0 Å². The number of hydrogen-bond donors (Lipinski definition) is 3. The largest absolute Gasteiger partial charge is 0.449 e. The van der Waals surface area contributed by atoms with Crippen LogP contribution in [0.1, 0.15) is 61.4 Å². The smallest absolute Gasteiger partial charge is 0.407 e. The predicted molar refractivity (Wildman–Crippen MR) is 110 cm³/mol. The van der Waals surface area contributed by atoms with Crippen LogP contribution in [0, 0.1) is 5.92 Å². The van der Waals surface area contributed by atoms with E-state index in [1.54, 1.807) is 13.1 Å². The van der Waals surface area contributed by atoms with Gasteiger partial charge in [-0.1, -0.05) is 0 Å². The Labute approximate surface area is 175 Å². The summed E-state index contributed by atoms with van der Waals surface area (Å²) in [5, 5.41) is 17.0. The molecule has 0 spiro atoms. The zero-order valence-corrected chi connectivity index (χ0v) is 17.9. The summed E-state index contributed by atoms with van der Waals surface area (Å²) < 4.78 is 12.1. The average Bonchev–Trinajstić information content (AvgIpc) is 3.24. The average molecular weight is 418 g/mol. The molecule has 0 radical (unpaired) electrons. The Hall–Kier alpha value is -2.88. The first kappa shape index (κ1) is 21.8. The Kier molecular flexibility index (Phi) is 7.09. The van der Waals surface area contributed by atoms with Crippen LogP contribution in [0.25, 0.3) is 0 Å². The number of carbonyl (C=O) groups excluding carboxylic acids is 2. The third kappa shape index (κ3) is 5.59. The quantitative estimate of drug-likeness (QED) is 0.575. The molecule has 1 saturated carbocycles. The number of H-pyrrole nitrogens is 1. The van der Waals surface area contributed by atoms with Gasteiger partial charge in [0.25, 0.3) is 5.91 Å². The number of alkyl carbamates (subject to hydrolysis) is 1. The van der Waals surface area contributed by atoms with E-state index < -0.39 is 0 Å². The summed E-state index contributed by atoms with van der Waals surface area (Å²) in [7, 11) is 1.72. The number of anilines is 1. The second kappa shape index (κ2) is 9.75. The SMILES string of the molecule is CCOCc1cc(C(=O)Nc2cc([C@H]3C[C@@H](COC(=O)NC(C)C)C3)[nH]n2)n(C)n1. The van der Waals surface area contributed by atoms with Gasteiger partial charge < -0.3 is 20.1 Å². The van der Waals surface area contributed by atoms with Gasteiger partial charge in [0.15, 0.2) is 5.82 Å². The third-order valence-corrected chi connectivity index (χ3v) is 4.99. The minimum atomic E-state index is -0.375. The molecule has 0 unspecified atom stereocenters. The number of nitrogens with one attached hydrogen (secondary N) is 3. The highest BCUT2D eigenvalue weighted by molar-refractivity contribution is 6.02. The molecule has 1 aliphatic rings. The Morgan fingerprint density at radius 3 is 2.80 bits per heavy atom. The van der Waals surface area contributed by atoms with Crippen LogP contribution in [0.3, 0.4) is 0 Å². The topological polar surface area (TPSA) is 123 Å². The van der Waals surface area contributed by atoms with Crippen molar-refractivity contribution in [2.75, 3.05) is 18.5 Å². The summed E-state index contributed by atoms with van der Waals surface area (Å²) in [4.78, 5) is 24.1. The molecule has 0 saturated heterocycles. The maximum atomic E-state index is 12.5. The van der Waals surface area contributed by atoms with E-state index in [4.69, 9.17) is 9.47 Å². The molecule has 10 nitrogen and oxygen atoms in total. The fourth-order valence-electron chi connectivity index (χ4n) is 3.40. The van der Waals surface area contributed by atoms with E-state index in [1.165, 1.54) is 4.68 Å². The van der Waals surface area contributed by atoms with Crippen LogP contribution in [0.4, 0.5) is 10.6 Å². The van der Waals surface area contributed by atoms with Crippen molar-refractivity contribution in [3.63, 3.8) is 0 Å². The maximum absolute atomic E-state index is 12.5. The van der Waals surface area contributed by atoms with Crippen LogP contribution in [0.2, 0.25) is 0 Å². The van der Waals surface area contributed by atoms with E-state index in [0.29, 0.717) is 48.9 Å². The molecule has 164 valence electrons. The minimum Gasteiger partial charge on any atom is -0.449 e. The first-order valence-corrected chi connectivity index (χ1v) is 10.3. The van der Waals surface area contributed by atoms with Gasteiger partial charge in [0.2, 0.25) is 0 Å². The lowest BCUT2D eigenvalue weighted by Crippen LogP contribution is -2.34. The molecule has 2 aromatic heterocycles. The summed E-state index contributed by atoms with van der Waals surface area (Å²) >= 11 is 0. The van der Waals surface area contributed by atoms with E-state index in [2.05, 4.69) is 25.9 Å². The van der Waals surface area contributed by atoms with Gasteiger partial charge in [-0.05, 0) is 45.6 Å². The molecule has 2 amide bonds. The third-order valence-electron chi connectivity index (χ3n) is 4.99. The fourth-order valence-corrected chi connectivity index (χ4v) is 3.40. The molecule has 0 atom stereocenters. The van der Waals surface area contributed by atoms with Crippen molar-refractivity contribution >= 4 is 17.8 Å². The van der Waals surface area contributed by atoms with Crippen molar-refractivity contribution in [1.82, 2.24) is 25.3 Å². The molecule has 0 aliphatic heterocycles. The lowest BCUT2D eigenvalue weighted by molar-refractivity contribution is 0.0924. The van der Waals surface area contributed by atoms with Gasteiger partial charge in [-0.25, -0.2) is 4.79 Å². The molecular weight excluding hydrogens is 388 g/mol. The summed E-state index contributed by atoms with van der Waals surface area (Å²) in [5.41, 5.74) is 2.11. The monoisotopic (exact) mass is 418 g/mol. The molecule has 0 bridgehead atoms. The Bertz CT molecular complexity index is 869. The molecule has 10 heteroatoms. The fraction of sp³-hybridized carbons (Fsp3) is 0.600. The molecule has 3 N–H and O–H groups in total. The second-order valence-corrected chi connectivity index (χ2v) is 7.88. The number of aryl methyl sites for hydroxylation is 1. The highest BCUT2D eigenvalue weighted by Gasteiger charge is 2.32. The second-order valence-electron chi connectivity index (χ2n) is 7.88. The minimum absolute atomic E-state index is 0.0628. The summed E-state index contributed by atoms with van der Waals surface area (Å²) in [6, 6.07) is 3.63. The van der Waals surface area contributed by atoms with Gasteiger partial charge in [-0.15, -0.1) is 0 Å². The summed E-state index contributed by atoms with van der Waals surface area (Å²) in [6.45, 7) is 7.07. The van der Waals surface area contributed by atoms with Gasteiger partial charge in [-0.2, -0.15) is 10.2 Å². The standard InChI is InChI=1S/C20H30N6O4/c1-5-29-11-15-8-17(26(4)25-15)19(27)22-18-9-16(23-24-18)14-6-13(7-14)10-30-20(28)21-12(2)3/h8-9,12-14H,5-7,10-11H2,1-4H3,(H,21,28)(H2,22,23,24,27)/t13-,14+. The van der Waals surface area contributed by atoms with Crippen molar-refractivity contribution in [3.8, 4) is 0 Å². The van der Waals surface area contributed by atoms with Gasteiger partial charge in [0.05, 0.1) is 18.9 Å². The van der Waals surface area contributed by atoms with Gasteiger partial charge >= 0.3 is 6.09 Å². The zero-order chi connectivity index (χ0) is 21.7. The number of amides is 2. The maximum Gasteiger partial charge on any atom is 0.407 e. The van der Waals surface area contributed by atoms with Crippen LogP contribution in [0.5, 0.6) is 0 Å². The van der Waals surface area contributed by atoms with Crippen LogP contribution < -0.4 is 10.6 Å². The molecular formula is C20H30N6O4. The van der Waals surface area contributed by atoms with E-state index in [0.717, 1.165) is 18.5 Å². The number of nitrogens with zero attached hydrogens (tertiary/aromatic N) is 3. The molecule has 1 fully saturated rings. The normalized spacial score (nSPS) is 18.2. The predicted octanol–water partition coefficient (Wildman–Crippen LogP) is 2.56. The molecule has 2 heterocycles. The van der Waals surface area contributed by atoms with Crippen molar-refractivity contribution in [2.45, 2.75) is 52.2 Å². The van der Waals surface area contributed by atoms with Crippen LogP contribution >= 0.6 is 0 Å². The summed E-state index contributed by atoms with van der Waals surface area (Å²) in [5.74, 6) is 0.854. The Morgan fingerprint density at radius 1 is 1.33 bits per heavy atom. The van der Waals surface area contributed by atoms with E-state index in [-0.39, 0.29) is 18.0 Å². The highest BCUT2D eigenvalue weighted by atomic mass is 16.5. The van der Waals surface area contributed by atoms with E-state index in [9.17, 15) is 9.59 Å². The number of rotatable bonds is 9. The number of aromatic amines is 1. The van der Waals surface area contributed by atoms with E-state index >= 15 is 0 Å². The zero-order valence-electron chi connectivity index (χ0n) is 17.9. The van der Waals surface area contributed by atoms with Crippen LogP contribution in [0.15, 0.2) is 12.1 Å². The van der Waals surface area contributed by atoms with Crippen LogP contribution in [-0.4, -0.2) is 51.2 Å². The highest BCUT2D eigenvalue weighted by Crippen LogP contribution is 2.41. The lowest BCUT2D eigenvalue weighted by Gasteiger charge is -2.34. The van der Waals surface area contributed by atoms with Crippen molar-refractivity contribution in [2.24, 2.45) is 13.0 Å². The first-order chi connectivity index (χ1) is 14.4. The van der Waals surface area contributed by atoms with E-state index in [1.807, 2.05) is 26.8 Å². The lowest BCUT2D eigenvalue weighted by atomic mass is 9.74. The Balaban J connectivity index is 1.46. The molecule has 2 aromatic rings. The van der Waals surface area contributed by atoms with Crippen LogP contribution in [-0.2, 0) is 23.1 Å². The number of aromatic nitrogens is 4.